The summed E-state index contributed by atoms with van der Waals surface area (Å²) in [5.74, 6) is -0.135. The van der Waals surface area contributed by atoms with Crippen molar-refractivity contribution in [3.05, 3.63) is 74.1 Å². The van der Waals surface area contributed by atoms with Gasteiger partial charge in [0, 0.05) is 20.3 Å². The summed E-state index contributed by atoms with van der Waals surface area (Å²) in [5, 5.41) is 3.30. The molecular weight excluding hydrogens is 380 g/mol. The predicted octanol–water partition coefficient (Wildman–Crippen LogP) is 2.71. The van der Waals surface area contributed by atoms with Crippen molar-refractivity contribution in [2.45, 2.75) is 39.7 Å². The zero-order chi connectivity index (χ0) is 22.0. The zero-order valence-corrected chi connectivity index (χ0v) is 18.1. The first-order chi connectivity index (χ1) is 14.2. The number of carbonyl (C=O) groups excluding carboxylic acids is 1. The molecule has 1 amide bonds. The van der Waals surface area contributed by atoms with Gasteiger partial charge in [-0.25, -0.2) is 9.78 Å². The smallest absolute Gasteiger partial charge is 0.332 e. The van der Waals surface area contributed by atoms with Crippen LogP contribution >= 0.6 is 0 Å². The van der Waals surface area contributed by atoms with Crippen LogP contribution in [0.25, 0.3) is 11.0 Å². The normalized spacial score (nSPS) is 12.3. The first-order valence-electron chi connectivity index (χ1n) is 10.2. The van der Waals surface area contributed by atoms with Crippen molar-refractivity contribution in [2.24, 2.45) is 20.0 Å². The van der Waals surface area contributed by atoms with Crippen LogP contribution in [0.2, 0.25) is 0 Å². The molecule has 2 heterocycles. The minimum absolute atomic E-state index is 0.174. The quantitative estimate of drug-likeness (QED) is 0.680. The highest BCUT2D eigenvalue weighted by molar-refractivity contribution is 5.97. The third kappa shape index (κ3) is 4.06. The van der Waals surface area contributed by atoms with Crippen LogP contribution in [0.15, 0.2) is 46.1 Å². The Morgan fingerprint density at radius 1 is 1.10 bits per heavy atom. The number of fused-ring (bicyclic) bond motifs is 1. The molecule has 1 atom stereocenters. The van der Waals surface area contributed by atoms with Crippen LogP contribution < -0.4 is 16.6 Å². The van der Waals surface area contributed by atoms with Crippen molar-refractivity contribution in [1.82, 2.24) is 19.4 Å². The molecule has 7 heteroatoms. The summed E-state index contributed by atoms with van der Waals surface area (Å²) in [6.45, 7) is 6.25. The molecule has 2 aromatic heterocycles. The fourth-order valence-corrected chi connectivity index (χ4v) is 3.63. The van der Waals surface area contributed by atoms with E-state index in [1.54, 1.807) is 7.05 Å². The van der Waals surface area contributed by atoms with Gasteiger partial charge in [0.25, 0.3) is 11.5 Å². The average Bonchev–Trinajstić information content (AvgIpc) is 2.74. The molecule has 3 rings (SSSR count). The minimum atomic E-state index is -0.470. The predicted molar refractivity (Wildman–Crippen MR) is 118 cm³/mol. The Kier molecular flexibility index (Phi) is 6.20. The second kappa shape index (κ2) is 8.65. The van der Waals surface area contributed by atoms with Crippen molar-refractivity contribution in [3.8, 4) is 0 Å². The van der Waals surface area contributed by atoms with Gasteiger partial charge in [0.05, 0.1) is 17.0 Å². The van der Waals surface area contributed by atoms with Crippen LogP contribution in [0, 0.1) is 5.92 Å². The van der Waals surface area contributed by atoms with E-state index in [2.05, 4.69) is 55.3 Å². The molecule has 3 aromatic rings. The fourth-order valence-electron chi connectivity index (χ4n) is 3.63. The first-order valence-corrected chi connectivity index (χ1v) is 10.2. The molecule has 0 aliphatic carbocycles. The van der Waals surface area contributed by atoms with Gasteiger partial charge < -0.3 is 5.32 Å². The Morgan fingerprint density at radius 3 is 2.37 bits per heavy atom. The van der Waals surface area contributed by atoms with Crippen molar-refractivity contribution in [1.29, 1.82) is 0 Å². The molecule has 0 saturated carbocycles. The van der Waals surface area contributed by atoms with Gasteiger partial charge in [-0.15, -0.1) is 0 Å². The van der Waals surface area contributed by atoms with E-state index in [0.29, 0.717) is 0 Å². The van der Waals surface area contributed by atoms with Crippen LogP contribution in [0.5, 0.6) is 0 Å². The lowest BCUT2D eigenvalue weighted by molar-refractivity contribution is 0.0925. The van der Waals surface area contributed by atoms with Crippen LogP contribution in [0.1, 0.15) is 54.7 Å². The number of nitrogens with zero attached hydrogens (tertiary/aromatic N) is 3. The number of carbonyl (C=O) groups is 1. The topological polar surface area (TPSA) is 86.0 Å². The van der Waals surface area contributed by atoms with Gasteiger partial charge in [-0.3, -0.25) is 18.7 Å². The molecule has 0 aliphatic rings. The highest BCUT2D eigenvalue weighted by atomic mass is 16.2. The first kappa shape index (κ1) is 21.5. The van der Waals surface area contributed by atoms with Crippen LogP contribution in [-0.4, -0.2) is 20.0 Å². The molecule has 1 aromatic carbocycles. The van der Waals surface area contributed by atoms with Crippen molar-refractivity contribution < 1.29 is 4.79 Å². The van der Waals surface area contributed by atoms with E-state index in [9.17, 15) is 14.4 Å². The lowest BCUT2D eigenvalue weighted by Gasteiger charge is -2.23. The third-order valence-electron chi connectivity index (χ3n) is 5.39. The molecule has 30 heavy (non-hydrogen) atoms. The third-order valence-corrected chi connectivity index (χ3v) is 5.39. The number of benzene rings is 1. The van der Waals surface area contributed by atoms with Gasteiger partial charge in [-0.05, 0) is 29.5 Å². The van der Waals surface area contributed by atoms with E-state index in [0.717, 1.165) is 23.0 Å². The molecule has 1 N–H and O–H groups in total. The molecule has 0 aliphatic heterocycles. The number of pyridine rings is 1. The highest BCUT2D eigenvalue weighted by Gasteiger charge is 2.20. The Hall–Kier alpha value is -3.22. The molecule has 0 unspecified atom stereocenters. The molecular formula is C23H28N4O3. The maximum atomic E-state index is 13.0. The summed E-state index contributed by atoms with van der Waals surface area (Å²) in [7, 11) is 2.96. The second-order valence-electron chi connectivity index (χ2n) is 7.99. The molecule has 0 radical (unpaired) electrons. The Labute approximate surface area is 175 Å². The van der Waals surface area contributed by atoms with Crippen LogP contribution in [0.3, 0.4) is 0 Å². The summed E-state index contributed by atoms with van der Waals surface area (Å²) >= 11 is 0. The Balaban J connectivity index is 1.94. The van der Waals surface area contributed by atoms with Crippen molar-refractivity contribution >= 4 is 16.9 Å². The van der Waals surface area contributed by atoms with Gasteiger partial charge >= 0.3 is 5.69 Å². The molecule has 0 bridgehead atoms. The van der Waals surface area contributed by atoms with E-state index in [1.807, 2.05) is 0 Å². The van der Waals surface area contributed by atoms with Gasteiger partial charge in [0.15, 0.2) is 0 Å². The summed E-state index contributed by atoms with van der Waals surface area (Å²) in [6.07, 6.45) is 3.52. The summed E-state index contributed by atoms with van der Waals surface area (Å²) in [4.78, 5) is 41.7. The molecule has 0 saturated heterocycles. The largest absolute Gasteiger partial charge is 0.345 e. The van der Waals surface area contributed by atoms with E-state index >= 15 is 0 Å². The van der Waals surface area contributed by atoms with Gasteiger partial charge in [-0.1, -0.05) is 51.5 Å². The Morgan fingerprint density at radius 2 is 1.77 bits per heavy atom. The van der Waals surface area contributed by atoms with Gasteiger partial charge in [0.1, 0.15) is 5.65 Å². The van der Waals surface area contributed by atoms with E-state index in [-0.39, 0.29) is 34.5 Å². The lowest BCUT2D eigenvalue weighted by atomic mass is 9.94. The van der Waals surface area contributed by atoms with E-state index in [4.69, 9.17) is 0 Å². The van der Waals surface area contributed by atoms with Crippen LogP contribution in [-0.2, 0) is 20.5 Å². The van der Waals surface area contributed by atoms with Crippen molar-refractivity contribution in [2.75, 3.05) is 0 Å². The summed E-state index contributed by atoms with van der Waals surface area (Å²) < 4.78 is 2.31. The Bertz CT molecular complexity index is 1190. The van der Waals surface area contributed by atoms with E-state index < -0.39 is 11.2 Å². The average molecular weight is 409 g/mol. The van der Waals surface area contributed by atoms with Crippen LogP contribution in [0.4, 0.5) is 0 Å². The number of aromatic nitrogens is 3. The molecule has 7 nitrogen and oxygen atoms in total. The molecule has 0 spiro atoms. The van der Waals surface area contributed by atoms with E-state index in [1.165, 1.54) is 29.4 Å². The SMILES string of the molecule is CCCc1ccc([C@@H](NC(=O)c2cnc3c(c2)c(=O)n(C)c(=O)n3C)C(C)C)cc1. The number of rotatable bonds is 6. The number of amides is 1. The fraction of sp³-hybridized carbons (Fsp3) is 0.391. The maximum absolute atomic E-state index is 13.0. The maximum Gasteiger partial charge on any atom is 0.332 e. The number of nitrogens with one attached hydrogen (secondary N) is 1. The van der Waals surface area contributed by atoms with Crippen molar-refractivity contribution in [3.63, 3.8) is 0 Å². The second-order valence-corrected chi connectivity index (χ2v) is 7.99. The summed E-state index contributed by atoms with van der Waals surface area (Å²) in [5.41, 5.74) is 1.92. The number of hydrogen-bond donors (Lipinski definition) is 1. The van der Waals surface area contributed by atoms with Gasteiger partial charge in [-0.2, -0.15) is 0 Å². The molecule has 158 valence electrons. The number of hydrogen-bond acceptors (Lipinski definition) is 4. The number of aryl methyl sites for hydroxylation is 2. The summed E-state index contributed by atoms with van der Waals surface area (Å²) in [6, 6.07) is 9.64. The lowest BCUT2D eigenvalue weighted by Crippen LogP contribution is -2.37. The highest BCUT2D eigenvalue weighted by Crippen LogP contribution is 2.23. The standard InChI is InChI=1S/C23H28N4O3/c1-6-7-15-8-10-16(11-9-15)19(14(2)3)25-21(28)17-12-18-20(24-13-17)26(4)23(30)27(5)22(18)29/h8-14,19H,6-7H2,1-5H3,(H,25,28)/t19-/m0/s1. The van der Waals surface area contributed by atoms with Gasteiger partial charge in [0.2, 0.25) is 0 Å². The zero-order valence-electron chi connectivity index (χ0n) is 18.1. The monoisotopic (exact) mass is 408 g/mol. The minimum Gasteiger partial charge on any atom is -0.345 e. The molecule has 0 fully saturated rings.